The number of methoxy groups -OCH3 is 1. The fourth-order valence-corrected chi connectivity index (χ4v) is 1.03. The third-order valence-electron chi connectivity index (χ3n) is 1.94. The van der Waals surface area contributed by atoms with Gasteiger partial charge in [-0.25, -0.2) is 4.99 Å². The first-order valence-electron chi connectivity index (χ1n) is 5.91. The van der Waals surface area contributed by atoms with Crippen molar-refractivity contribution >= 4 is 12.1 Å². The van der Waals surface area contributed by atoms with Crippen LogP contribution in [0.4, 0.5) is 0 Å². The van der Waals surface area contributed by atoms with Crippen LogP contribution in [0.3, 0.4) is 0 Å². The highest BCUT2D eigenvalue weighted by Crippen LogP contribution is 2.00. The lowest BCUT2D eigenvalue weighted by atomic mass is 10.2. The third kappa shape index (κ3) is 9.69. The Labute approximate surface area is 109 Å². The van der Waals surface area contributed by atoms with E-state index in [0.717, 1.165) is 17.8 Å². The molecule has 0 radical (unpaired) electrons. The van der Waals surface area contributed by atoms with E-state index in [9.17, 15) is 0 Å². The molecule has 0 spiro atoms. The molecule has 0 unspecified atom stereocenters. The summed E-state index contributed by atoms with van der Waals surface area (Å²) in [5, 5.41) is 8.75. The molecule has 0 aromatic heterocycles. The van der Waals surface area contributed by atoms with E-state index in [4.69, 9.17) is 9.84 Å². The fourth-order valence-electron chi connectivity index (χ4n) is 1.03. The molecule has 0 aromatic rings. The molecule has 4 heteroatoms. The first-order chi connectivity index (χ1) is 8.74. The van der Waals surface area contributed by atoms with Crippen LogP contribution in [0.1, 0.15) is 13.8 Å². The molecule has 0 aliphatic rings. The molecule has 0 aliphatic heterocycles. The van der Waals surface area contributed by atoms with E-state index < -0.39 is 0 Å². The van der Waals surface area contributed by atoms with Crippen molar-refractivity contribution < 1.29 is 9.84 Å². The maximum Gasteiger partial charge on any atom is 0.110 e. The quantitative estimate of drug-likeness (QED) is 0.408. The smallest absolute Gasteiger partial charge is 0.110 e. The van der Waals surface area contributed by atoms with Crippen molar-refractivity contribution in [1.29, 1.82) is 0 Å². The molecule has 0 heterocycles. The molecule has 1 N–H and O–H groups in total. The van der Waals surface area contributed by atoms with Crippen LogP contribution in [-0.2, 0) is 4.74 Å². The molecule has 0 rings (SSSR count). The van der Waals surface area contributed by atoms with Crippen molar-refractivity contribution in [3.8, 4) is 0 Å². The molecule has 0 aromatic carbocycles. The molecular formula is C14H22N2O2. The largest absolute Gasteiger partial charge is 0.392 e. The van der Waals surface area contributed by atoms with E-state index >= 15 is 0 Å². The Balaban J connectivity index is 4.60. The summed E-state index contributed by atoms with van der Waals surface area (Å²) in [5.41, 5.74) is 1.83. The lowest BCUT2D eigenvalue weighted by Gasteiger charge is -1.95. The number of hydrogen-bond donors (Lipinski definition) is 1. The summed E-state index contributed by atoms with van der Waals surface area (Å²) in [6, 6.07) is 0. The number of aliphatic hydroxyl groups excluding tert-OH is 1. The Bertz CT molecular complexity index is 353. The zero-order valence-corrected chi connectivity index (χ0v) is 11.3. The van der Waals surface area contributed by atoms with Gasteiger partial charge < -0.3 is 9.84 Å². The Morgan fingerprint density at radius 1 is 1.28 bits per heavy atom. The predicted octanol–water partition coefficient (Wildman–Crippen LogP) is 2.17. The van der Waals surface area contributed by atoms with E-state index in [0.29, 0.717) is 6.61 Å². The number of aliphatic hydroxyl groups is 1. The lowest BCUT2D eigenvalue weighted by Crippen LogP contribution is -1.88. The minimum Gasteiger partial charge on any atom is -0.392 e. The van der Waals surface area contributed by atoms with E-state index in [2.05, 4.69) is 9.98 Å². The van der Waals surface area contributed by atoms with Crippen LogP contribution in [0.2, 0.25) is 0 Å². The van der Waals surface area contributed by atoms with Gasteiger partial charge in [-0.2, -0.15) is 0 Å². The van der Waals surface area contributed by atoms with Gasteiger partial charge in [-0.05, 0) is 25.5 Å². The minimum absolute atomic E-state index is 0.0222. The highest BCUT2D eigenvalue weighted by atomic mass is 16.5. The summed E-state index contributed by atoms with van der Waals surface area (Å²) in [5.74, 6) is 0. The van der Waals surface area contributed by atoms with Crippen LogP contribution in [0.5, 0.6) is 0 Å². The average Bonchev–Trinajstić information content (AvgIpc) is 2.38. The number of hydrogen-bond acceptors (Lipinski definition) is 3. The summed E-state index contributed by atoms with van der Waals surface area (Å²) in [7, 11) is 1.64. The Kier molecular flexibility index (Phi) is 10.9. The molecule has 0 bridgehead atoms. The summed E-state index contributed by atoms with van der Waals surface area (Å²) in [6.07, 6.45) is 10.8. The second kappa shape index (κ2) is 12.0. The van der Waals surface area contributed by atoms with Crippen molar-refractivity contribution in [2.24, 2.45) is 9.98 Å². The van der Waals surface area contributed by atoms with Gasteiger partial charge in [0.1, 0.15) is 6.34 Å². The van der Waals surface area contributed by atoms with E-state index in [-0.39, 0.29) is 6.61 Å². The van der Waals surface area contributed by atoms with Crippen molar-refractivity contribution in [3.63, 3.8) is 0 Å². The van der Waals surface area contributed by atoms with Gasteiger partial charge in [0.2, 0.25) is 0 Å². The topological polar surface area (TPSA) is 54.2 Å². The second-order valence-electron chi connectivity index (χ2n) is 3.46. The number of rotatable bonds is 8. The van der Waals surface area contributed by atoms with Crippen LogP contribution in [0, 0.1) is 0 Å². The first kappa shape index (κ1) is 16.5. The Morgan fingerprint density at radius 3 is 2.67 bits per heavy atom. The number of ether oxygens (including phenoxy) is 1. The van der Waals surface area contributed by atoms with Gasteiger partial charge in [0, 0.05) is 19.4 Å². The van der Waals surface area contributed by atoms with Crippen LogP contribution in [0.15, 0.2) is 45.9 Å². The van der Waals surface area contributed by atoms with Gasteiger partial charge in [-0.15, -0.1) is 0 Å². The molecule has 0 aliphatic carbocycles. The maximum absolute atomic E-state index is 8.75. The van der Waals surface area contributed by atoms with Crippen molar-refractivity contribution in [3.05, 3.63) is 36.0 Å². The second-order valence-corrected chi connectivity index (χ2v) is 3.46. The SMILES string of the molecule is CCN=CN=C(C)/C=C/C(/C=C\CO)=C/COC. The molecule has 100 valence electrons. The highest BCUT2D eigenvalue weighted by Gasteiger charge is 1.87. The third-order valence-corrected chi connectivity index (χ3v) is 1.94. The zero-order chi connectivity index (χ0) is 13.6. The van der Waals surface area contributed by atoms with Gasteiger partial charge in [0.05, 0.1) is 13.2 Å². The molecule has 0 saturated carbocycles. The van der Waals surface area contributed by atoms with Gasteiger partial charge in [0.15, 0.2) is 0 Å². The van der Waals surface area contributed by atoms with Gasteiger partial charge in [-0.3, -0.25) is 4.99 Å². The Morgan fingerprint density at radius 2 is 2.06 bits per heavy atom. The van der Waals surface area contributed by atoms with Crippen LogP contribution in [-0.4, -0.2) is 44.0 Å². The molecule has 0 atom stereocenters. The van der Waals surface area contributed by atoms with E-state index in [1.165, 1.54) is 0 Å². The van der Waals surface area contributed by atoms with Gasteiger partial charge >= 0.3 is 0 Å². The first-order valence-corrected chi connectivity index (χ1v) is 5.91. The molecule has 0 saturated heterocycles. The standard InChI is InChI=1S/C14H22N2O2/c1-4-15-12-16-13(2)7-8-14(6-5-10-17)9-11-18-3/h5-9,12,17H,4,10-11H2,1-3H3/b6-5-,8-7+,14-9+,15-12?,16-13?. The normalized spacial score (nSPS) is 14.4. The van der Waals surface area contributed by atoms with Gasteiger partial charge in [0.25, 0.3) is 0 Å². The van der Waals surface area contributed by atoms with Crippen molar-refractivity contribution in [2.75, 3.05) is 26.9 Å². The molecule has 4 nitrogen and oxygen atoms in total. The molecule has 0 fully saturated rings. The predicted molar refractivity (Wildman–Crippen MR) is 77.5 cm³/mol. The molecule has 0 amide bonds. The van der Waals surface area contributed by atoms with Crippen LogP contribution < -0.4 is 0 Å². The minimum atomic E-state index is 0.0222. The van der Waals surface area contributed by atoms with Crippen LogP contribution in [0.25, 0.3) is 0 Å². The fraction of sp³-hybridized carbons (Fsp3) is 0.429. The van der Waals surface area contributed by atoms with Crippen molar-refractivity contribution in [1.82, 2.24) is 0 Å². The molecule has 18 heavy (non-hydrogen) atoms. The summed E-state index contributed by atoms with van der Waals surface area (Å²) >= 11 is 0. The van der Waals surface area contributed by atoms with E-state index in [1.807, 2.05) is 38.2 Å². The average molecular weight is 250 g/mol. The molecular weight excluding hydrogens is 228 g/mol. The zero-order valence-electron chi connectivity index (χ0n) is 11.3. The summed E-state index contributed by atoms with van der Waals surface area (Å²) < 4.78 is 4.98. The van der Waals surface area contributed by atoms with Crippen LogP contribution >= 0.6 is 0 Å². The lowest BCUT2D eigenvalue weighted by molar-refractivity contribution is 0.233. The monoisotopic (exact) mass is 250 g/mol. The Hall–Kier alpha value is -1.52. The van der Waals surface area contributed by atoms with Crippen molar-refractivity contribution in [2.45, 2.75) is 13.8 Å². The summed E-state index contributed by atoms with van der Waals surface area (Å²) in [4.78, 5) is 8.16. The number of allylic oxidation sites excluding steroid dienone is 4. The van der Waals surface area contributed by atoms with E-state index in [1.54, 1.807) is 19.5 Å². The number of nitrogens with zero attached hydrogens (tertiary/aromatic N) is 2. The highest BCUT2D eigenvalue weighted by molar-refractivity contribution is 5.97. The summed E-state index contributed by atoms with van der Waals surface area (Å²) in [6.45, 7) is 5.15. The van der Waals surface area contributed by atoms with Gasteiger partial charge in [-0.1, -0.05) is 24.3 Å². The maximum atomic E-state index is 8.75. The number of aliphatic imine (C=N–C) groups is 2.